The van der Waals surface area contributed by atoms with Gasteiger partial charge in [0.15, 0.2) is 11.5 Å². The average Bonchev–Trinajstić information content (AvgIpc) is 3.20. The Morgan fingerprint density at radius 1 is 1.03 bits per heavy atom. The second kappa shape index (κ2) is 10.1. The van der Waals surface area contributed by atoms with Crippen molar-refractivity contribution in [2.24, 2.45) is 0 Å². The van der Waals surface area contributed by atoms with Crippen LogP contribution in [0.2, 0.25) is 0 Å². The summed E-state index contributed by atoms with van der Waals surface area (Å²) in [6.45, 7) is 3.60. The Morgan fingerprint density at radius 3 is 2.38 bits per heavy atom. The maximum atomic E-state index is 13.3. The van der Waals surface area contributed by atoms with E-state index in [0.717, 1.165) is 25.5 Å². The molecular formula is C25H30F3N3O3. The van der Waals surface area contributed by atoms with Crippen LogP contribution < -0.4 is 24.6 Å². The second-order valence-electron chi connectivity index (χ2n) is 8.70. The third kappa shape index (κ3) is 5.24. The molecule has 2 saturated heterocycles. The van der Waals surface area contributed by atoms with Crippen LogP contribution in [-0.2, 0) is 6.18 Å². The zero-order valence-corrected chi connectivity index (χ0v) is 19.5. The number of piperidine rings is 1. The Balaban J connectivity index is 1.48. The van der Waals surface area contributed by atoms with E-state index in [1.807, 2.05) is 0 Å². The number of alkyl halides is 3. The number of amides is 2. The number of nitrogens with one attached hydrogen (secondary N) is 1. The Kier molecular flexibility index (Phi) is 7.21. The average molecular weight is 478 g/mol. The number of halogens is 3. The molecule has 2 aliphatic heterocycles. The summed E-state index contributed by atoms with van der Waals surface area (Å²) in [4.78, 5) is 16.0. The molecule has 34 heavy (non-hydrogen) atoms. The first-order chi connectivity index (χ1) is 16.3. The van der Waals surface area contributed by atoms with Crippen molar-refractivity contribution < 1.29 is 27.4 Å². The minimum Gasteiger partial charge on any atom is -0.493 e. The van der Waals surface area contributed by atoms with Crippen molar-refractivity contribution in [2.75, 3.05) is 43.2 Å². The Bertz CT molecular complexity index is 1020. The van der Waals surface area contributed by atoms with E-state index in [1.165, 1.54) is 30.7 Å². The number of carbonyl (C=O) groups excluding carboxylic acids is 1. The van der Waals surface area contributed by atoms with Crippen molar-refractivity contribution in [1.82, 2.24) is 5.32 Å². The van der Waals surface area contributed by atoms with Gasteiger partial charge in [0.05, 0.1) is 19.3 Å². The summed E-state index contributed by atoms with van der Waals surface area (Å²) in [6, 6.07) is 9.30. The number of aryl methyl sites for hydroxylation is 1. The first-order valence-electron chi connectivity index (χ1n) is 11.6. The molecule has 0 aliphatic carbocycles. The van der Waals surface area contributed by atoms with Crippen LogP contribution in [0.1, 0.15) is 36.8 Å². The molecule has 0 aromatic heterocycles. The van der Waals surface area contributed by atoms with Crippen molar-refractivity contribution in [2.45, 2.75) is 44.8 Å². The van der Waals surface area contributed by atoms with Crippen molar-refractivity contribution >= 4 is 17.4 Å². The summed E-state index contributed by atoms with van der Waals surface area (Å²) in [5, 5.41) is 3.49. The molecule has 2 aliphatic rings. The summed E-state index contributed by atoms with van der Waals surface area (Å²) in [5.74, 6) is 1.11. The van der Waals surface area contributed by atoms with E-state index in [-0.39, 0.29) is 23.8 Å². The van der Waals surface area contributed by atoms with Gasteiger partial charge in [0.2, 0.25) is 0 Å². The number of rotatable bonds is 7. The molecule has 0 radical (unpaired) electrons. The third-order valence-electron chi connectivity index (χ3n) is 6.44. The third-order valence-corrected chi connectivity index (χ3v) is 6.44. The van der Waals surface area contributed by atoms with Crippen LogP contribution in [0.5, 0.6) is 11.5 Å². The second-order valence-corrected chi connectivity index (χ2v) is 8.70. The molecule has 184 valence electrons. The number of carbonyl (C=O) groups is 1. The largest absolute Gasteiger partial charge is 0.493 e. The van der Waals surface area contributed by atoms with Gasteiger partial charge in [-0.1, -0.05) is 12.5 Å². The molecule has 1 atom stereocenters. The van der Waals surface area contributed by atoms with Gasteiger partial charge in [-0.3, -0.25) is 9.80 Å². The van der Waals surface area contributed by atoms with Crippen LogP contribution in [0.4, 0.5) is 29.3 Å². The highest BCUT2D eigenvalue weighted by Crippen LogP contribution is 2.37. The first-order valence-corrected chi connectivity index (χ1v) is 11.6. The maximum Gasteiger partial charge on any atom is 0.416 e. The Morgan fingerprint density at radius 2 is 1.74 bits per heavy atom. The summed E-state index contributed by atoms with van der Waals surface area (Å²) >= 11 is 0. The molecule has 2 amide bonds. The monoisotopic (exact) mass is 477 g/mol. The predicted octanol–water partition coefficient (Wildman–Crippen LogP) is 5.38. The van der Waals surface area contributed by atoms with E-state index in [0.29, 0.717) is 36.4 Å². The molecule has 9 heteroatoms. The van der Waals surface area contributed by atoms with Crippen LogP contribution in [-0.4, -0.2) is 45.4 Å². The quantitative estimate of drug-likeness (QED) is 0.582. The molecule has 0 spiro atoms. The van der Waals surface area contributed by atoms with Crippen molar-refractivity contribution in [3.8, 4) is 11.5 Å². The molecule has 0 saturated carbocycles. The molecule has 0 bridgehead atoms. The van der Waals surface area contributed by atoms with Crippen molar-refractivity contribution in [1.29, 1.82) is 0 Å². The van der Waals surface area contributed by atoms with Gasteiger partial charge in [-0.05, 0) is 62.6 Å². The van der Waals surface area contributed by atoms with Crippen LogP contribution in [0.3, 0.4) is 0 Å². The smallest absolute Gasteiger partial charge is 0.416 e. The molecular weight excluding hydrogens is 447 g/mol. The lowest BCUT2D eigenvalue weighted by molar-refractivity contribution is -0.138. The number of anilines is 2. The number of hydrogen-bond acceptors (Lipinski definition) is 4. The molecule has 4 rings (SSSR count). The van der Waals surface area contributed by atoms with E-state index in [4.69, 9.17) is 9.47 Å². The first kappa shape index (κ1) is 24.2. The summed E-state index contributed by atoms with van der Waals surface area (Å²) in [7, 11) is 1.56. The fourth-order valence-corrected chi connectivity index (χ4v) is 4.53. The number of hydrogen-bond donors (Lipinski definition) is 1. The molecule has 2 heterocycles. The SMILES string of the molecule is COc1ccc(N2CCN(c3ccc(C)c(C(F)(F)F)c3)C2=O)cc1OCCC1CCCCN1. The van der Waals surface area contributed by atoms with Crippen LogP contribution in [0, 0.1) is 6.92 Å². The Hall–Kier alpha value is -2.94. The van der Waals surface area contributed by atoms with E-state index in [2.05, 4.69) is 5.32 Å². The lowest BCUT2D eigenvalue weighted by Gasteiger charge is -2.24. The fourth-order valence-electron chi connectivity index (χ4n) is 4.53. The number of nitrogens with zero attached hydrogens (tertiary/aromatic N) is 2. The minimum absolute atomic E-state index is 0.125. The summed E-state index contributed by atoms with van der Waals surface area (Å²) in [5.41, 5.74) is 0.238. The Labute approximate surface area is 197 Å². The van der Waals surface area contributed by atoms with Crippen LogP contribution >= 0.6 is 0 Å². The topological polar surface area (TPSA) is 54.0 Å². The van der Waals surface area contributed by atoms with Crippen molar-refractivity contribution in [3.05, 3.63) is 47.5 Å². The maximum absolute atomic E-state index is 13.3. The van der Waals surface area contributed by atoms with E-state index < -0.39 is 11.7 Å². The van der Waals surface area contributed by atoms with E-state index in [9.17, 15) is 18.0 Å². The number of methoxy groups -OCH3 is 1. The molecule has 6 nitrogen and oxygen atoms in total. The minimum atomic E-state index is -4.47. The normalized spacial score (nSPS) is 19.0. The highest BCUT2D eigenvalue weighted by Gasteiger charge is 2.36. The van der Waals surface area contributed by atoms with E-state index >= 15 is 0 Å². The summed E-state index contributed by atoms with van der Waals surface area (Å²) < 4.78 is 51.5. The van der Waals surface area contributed by atoms with Gasteiger partial charge in [-0.25, -0.2) is 4.79 Å². The zero-order chi connectivity index (χ0) is 24.3. The van der Waals surface area contributed by atoms with Crippen LogP contribution in [0.25, 0.3) is 0 Å². The van der Waals surface area contributed by atoms with Crippen molar-refractivity contribution in [3.63, 3.8) is 0 Å². The molecule has 2 aromatic rings. The fraction of sp³-hybridized carbons (Fsp3) is 0.480. The standard InChI is InChI=1S/C25H30F3N3O3/c1-17-6-7-19(15-21(17)25(26,27)28)30-12-13-31(24(30)32)20-8-9-22(33-2)23(16-20)34-14-10-18-5-3-4-11-29-18/h6-9,15-16,18,29H,3-5,10-14H2,1-2H3. The van der Waals surface area contributed by atoms with Gasteiger partial charge in [0.25, 0.3) is 0 Å². The van der Waals surface area contributed by atoms with Gasteiger partial charge in [-0.15, -0.1) is 0 Å². The van der Waals surface area contributed by atoms with Gasteiger partial charge in [-0.2, -0.15) is 13.2 Å². The summed E-state index contributed by atoms with van der Waals surface area (Å²) in [6.07, 6.45) is -0.0475. The number of urea groups is 1. The van der Waals surface area contributed by atoms with Gasteiger partial charge in [0.1, 0.15) is 0 Å². The predicted molar refractivity (Wildman–Crippen MR) is 125 cm³/mol. The lowest BCUT2D eigenvalue weighted by atomic mass is 10.0. The molecule has 2 fully saturated rings. The van der Waals surface area contributed by atoms with Gasteiger partial charge < -0.3 is 14.8 Å². The molecule has 1 unspecified atom stereocenters. The number of benzene rings is 2. The van der Waals surface area contributed by atoms with Crippen LogP contribution in [0.15, 0.2) is 36.4 Å². The van der Waals surface area contributed by atoms with Gasteiger partial charge >= 0.3 is 12.2 Å². The zero-order valence-electron chi connectivity index (χ0n) is 19.5. The van der Waals surface area contributed by atoms with Gasteiger partial charge in [0, 0.05) is 36.6 Å². The number of ether oxygens (including phenoxy) is 2. The molecule has 1 N–H and O–H groups in total. The van der Waals surface area contributed by atoms with E-state index in [1.54, 1.807) is 36.3 Å². The highest BCUT2D eigenvalue weighted by molar-refractivity contribution is 6.06. The molecule has 2 aromatic carbocycles. The lowest BCUT2D eigenvalue weighted by Crippen LogP contribution is -2.35. The highest BCUT2D eigenvalue weighted by atomic mass is 19.4.